The van der Waals surface area contributed by atoms with E-state index in [0.29, 0.717) is 12.3 Å². The zero-order chi connectivity index (χ0) is 15.1. The van der Waals surface area contributed by atoms with E-state index in [9.17, 15) is 4.39 Å². The van der Waals surface area contributed by atoms with E-state index in [0.717, 1.165) is 31.5 Å². The lowest BCUT2D eigenvalue weighted by Gasteiger charge is -2.11. The van der Waals surface area contributed by atoms with Gasteiger partial charge in [-0.15, -0.1) is 0 Å². The maximum atomic E-state index is 14.0. The van der Waals surface area contributed by atoms with E-state index in [4.69, 9.17) is 4.74 Å². The van der Waals surface area contributed by atoms with Crippen LogP contribution in [0.1, 0.15) is 32.3 Å². The van der Waals surface area contributed by atoms with E-state index in [2.05, 4.69) is 24.3 Å². The molecule has 0 unspecified atom stereocenters. The number of aromatic nitrogens is 2. The van der Waals surface area contributed by atoms with Gasteiger partial charge in [-0.05, 0) is 25.5 Å². The summed E-state index contributed by atoms with van der Waals surface area (Å²) < 4.78 is 21.5. The van der Waals surface area contributed by atoms with E-state index in [1.54, 1.807) is 23.1 Å². The number of rotatable bonds is 8. The molecule has 1 N–H and O–H groups in total. The van der Waals surface area contributed by atoms with Gasteiger partial charge in [0.15, 0.2) is 17.3 Å². The third-order valence-electron chi connectivity index (χ3n) is 3.07. The fraction of sp³-hybridized carbons (Fsp3) is 0.438. The molecule has 4 nitrogen and oxygen atoms in total. The molecule has 1 heterocycles. The van der Waals surface area contributed by atoms with E-state index in [1.165, 1.54) is 6.07 Å². The van der Waals surface area contributed by atoms with Crippen LogP contribution < -0.4 is 10.1 Å². The molecule has 0 saturated heterocycles. The Balaban J connectivity index is 2.13. The molecule has 0 atom stereocenters. The monoisotopic (exact) mass is 291 g/mol. The molecule has 1 aromatic carbocycles. The van der Waals surface area contributed by atoms with Gasteiger partial charge in [0, 0.05) is 18.7 Å². The summed E-state index contributed by atoms with van der Waals surface area (Å²) in [6.45, 7) is 6.48. The first-order chi connectivity index (χ1) is 10.2. The maximum absolute atomic E-state index is 14.0. The van der Waals surface area contributed by atoms with Gasteiger partial charge in [0.05, 0.1) is 12.4 Å². The van der Waals surface area contributed by atoms with Gasteiger partial charge >= 0.3 is 0 Å². The van der Waals surface area contributed by atoms with E-state index in [-0.39, 0.29) is 11.6 Å². The highest BCUT2D eigenvalue weighted by Gasteiger charge is 2.11. The Bertz CT molecular complexity index is 568. The fourth-order valence-electron chi connectivity index (χ4n) is 2.07. The second-order valence-corrected chi connectivity index (χ2v) is 4.95. The van der Waals surface area contributed by atoms with Crippen LogP contribution in [0.25, 0.3) is 0 Å². The predicted octanol–water partition coefficient (Wildman–Crippen LogP) is 3.72. The molecule has 0 amide bonds. The normalized spacial score (nSPS) is 10.8. The lowest BCUT2D eigenvalue weighted by molar-refractivity contribution is 0.432. The van der Waals surface area contributed by atoms with Gasteiger partial charge in [-0.3, -0.25) is 4.68 Å². The Hall–Kier alpha value is -1.88. The van der Waals surface area contributed by atoms with Gasteiger partial charge in [-0.25, -0.2) is 4.39 Å². The summed E-state index contributed by atoms with van der Waals surface area (Å²) in [5.41, 5.74) is 0.812. The highest BCUT2D eigenvalue weighted by Crippen LogP contribution is 2.28. The predicted molar refractivity (Wildman–Crippen MR) is 81.0 cm³/mol. The van der Waals surface area contributed by atoms with Crippen LogP contribution in [0.5, 0.6) is 11.5 Å². The molecule has 0 aliphatic heterocycles. The molecular weight excluding hydrogens is 269 g/mol. The topological polar surface area (TPSA) is 39.1 Å². The van der Waals surface area contributed by atoms with Gasteiger partial charge in [-0.1, -0.05) is 26.0 Å². The van der Waals surface area contributed by atoms with Gasteiger partial charge < -0.3 is 10.1 Å². The number of nitrogens with zero attached hydrogens (tertiary/aromatic N) is 2. The molecule has 114 valence electrons. The molecule has 2 rings (SSSR count). The standard InChI is InChI=1S/C16H22FN3O/c1-3-8-18-10-13-6-5-7-15(17)16(13)21-14-11-19-20(12-14)9-4-2/h5-7,11-12,18H,3-4,8-10H2,1-2H3. The summed E-state index contributed by atoms with van der Waals surface area (Å²) >= 11 is 0. The molecule has 1 aromatic heterocycles. The number of halogens is 1. The number of hydrogen-bond donors (Lipinski definition) is 1. The minimum Gasteiger partial charge on any atom is -0.451 e. The van der Waals surface area contributed by atoms with Crippen molar-refractivity contribution in [1.82, 2.24) is 15.1 Å². The van der Waals surface area contributed by atoms with Crippen LogP contribution in [0.2, 0.25) is 0 Å². The lowest BCUT2D eigenvalue weighted by atomic mass is 10.2. The second-order valence-electron chi connectivity index (χ2n) is 4.95. The summed E-state index contributed by atoms with van der Waals surface area (Å²) in [4.78, 5) is 0. The Labute approximate surface area is 124 Å². The first-order valence-corrected chi connectivity index (χ1v) is 7.43. The van der Waals surface area contributed by atoms with E-state index >= 15 is 0 Å². The molecule has 21 heavy (non-hydrogen) atoms. The SMILES string of the molecule is CCCNCc1cccc(F)c1Oc1cnn(CCC)c1. The van der Waals surface area contributed by atoms with E-state index in [1.807, 2.05) is 6.07 Å². The molecule has 0 fully saturated rings. The maximum Gasteiger partial charge on any atom is 0.167 e. The zero-order valence-electron chi connectivity index (χ0n) is 12.6. The Kier molecular flexibility index (Phi) is 5.75. The van der Waals surface area contributed by atoms with Crippen LogP contribution in [-0.4, -0.2) is 16.3 Å². The first kappa shape index (κ1) is 15.5. The number of nitrogens with one attached hydrogen (secondary N) is 1. The molecule has 0 radical (unpaired) electrons. The quantitative estimate of drug-likeness (QED) is 0.753. The van der Waals surface area contributed by atoms with Crippen LogP contribution in [-0.2, 0) is 13.1 Å². The van der Waals surface area contributed by atoms with Crippen LogP contribution in [0.3, 0.4) is 0 Å². The highest BCUT2D eigenvalue weighted by molar-refractivity contribution is 5.38. The molecule has 0 saturated carbocycles. The lowest BCUT2D eigenvalue weighted by Crippen LogP contribution is -2.14. The Morgan fingerprint density at radius 1 is 1.29 bits per heavy atom. The number of benzene rings is 1. The fourth-order valence-corrected chi connectivity index (χ4v) is 2.07. The summed E-state index contributed by atoms with van der Waals surface area (Å²) in [6, 6.07) is 4.98. The third-order valence-corrected chi connectivity index (χ3v) is 3.07. The summed E-state index contributed by atoms with van der Waals surface area (Å²) in [5.74, 6) is 0.483. The van der Waals surface area contributed by atoms with Gasteiger partial charge in [0.25, 0.3) is 0 Å². The van der Waals surface area contributed by atoms with Crippen LogP contribution >= 0.6 is 0 Å². The van der Waals surface area contributed by atoms with Crippen molar-refractivity contribution in [2.24, 2.45) is 0 Å². The van der Waals surface area contributed by atoms with Crippen molar-refractivity contribution in [2.75, 3.05) is 6.54 Å². The third kappa shape index (κ3) is 4.29. The smallest absolute Gasteiger partial charge is 0.167 e. The molecular formula is C16H22FN3O. The van der Waals surface area contributed by atoms with Crippen LogP contribution in [0.15, 0.2) is 30.6 Å². The average molecular weight is 291 g/mol. The summed E-state index contributed by atoms with van der Waals surface area (Å²) in [6.07, 6.45) is 5.44. The van der Waals surface area contributed by atoms with Gasteiger partial charge in [-0.2, -0.15) is 5.10 Å². The second kappa shape index (κ2) is 7.78. The summed E-state index contributed by atoms with van der Waals surface area (Å²) in [7, 11) is 0. The van der Waals surface area contributed by atoms with Crippen molar-refractivity contribution in [3.63, 3.8) is 0 Å². The van der Waals surface area contributed by atoms with Gasteiger partial charge in [0.2, 0.25) is 0 Å². The molecule has 0 aliphatic carbocycles. The van der Waals surface area contributed by atoms with Crippen molar-refractivity contribution >= 4 is 0 Å². The van der Waals surface area contributed by atoms with Crippen LogP contribution in [0.4, 0.5) is 4.39 Å². The molecule has 0 spiro atoms. The number of hydrogen-bond acceptors (Lipinski definition) is 3. The number of ether oxygens (including phenoxy) is 1. The average Bonchev–Trinajstić information content (AvgIpc) is 2.90. The largest absolute Gasteiger partial charge is 0.451 e. The number of aryl methyl sites for hydroxylation is 1. The summed E-state index contributed by atoms with van der Waals surface area (Å²) in [5, 5.41) is 7.45. The molecule has 0 aliphatic rings. The molecule has 0 bridgehead atoms. The minimum absolute atomic E-state index is 0.275. The van der Waals surface area contributed by atoms with Crippen molar-refractivity contribution in [1.29, 1.82) is 0 Å². The van der Waals surface area contributed by atoms with E-state index < -0.39 is 0 Å². The van der Waals surface area contributed by atoms with Crippen molar-refractivity contribution in [2.45, 2.75) is 39.8 Å². The highest BCUT2D eigenvalue weighted by atomic mass is 19.1. The van der Waals surface area contributed by atoms with Crippen molar-refractivity contribution < 1.29 is 9.13 Å². The van der Waals surface area contributed by atoms with Crippen molar-refractivity contribution in [3.05, 3.63) is 42.0 Å². The Morgan fingerprint density at radius 2 is 2.14 bits per heavy atom. The van der Waals surface area contributed by atoms with Crippen molar-refractivity contribution in [3.8, 4) is 11.5 Å². The number of para-hydroxylation sites is 1. The minimum atomic E-state index is -0.353. The zero-order valence-corrected chi connectivity index (χ0v) is 12.6. The van der Waals surface area contributed by atoms with Gasteiger partial charge in [0.1, 0.15) is 0 Å². The molecule has 5 heteroatoms. The molecule has 2 aromatic rings. The first-order valence-electron chi connectivity index (χ1n) is 7.43. The van der Waals surface area contributed by atoms with Crippen LogP contribution in [0, 0.1) is 5.82 Å². The Morgan fingerprint density at radius 3 is 2.90 bits per heavy atom.